The van der Waals surface area contributed by atoms with E-state index in [4.69, 9.17) is 0 Å². The van der Waals surface area contributed by atoms with Crippen LogP contribution in [-0.2, 0) is 6.42 Å². The zero-order valence-electron chi connectivity index (χ0n) is 10.2. The zero-order valence-corrected chi connectivity index (χ0v) is 10.2. The molecule has 0 aliphatic carbocycles. The summed E-state index contributed by atoms with van der Waals surface area (Å²) in [5, 5.41) is 2.91. The number of hydrogen-bond donors (Lipinski definition) is 1. The Morgan fingerprint density at radius 3 is 2.50 bits per heavy atom. The molecule has 3 nitrogen and oxygen atoms in total. The van der Waals surface area contributed by atoms with Crippen LogP contribution in [0.3, 0.4) is 0 Å². The van der Waals surface area contributed by atoms with E-state index in [1.165, 1.54) is 5.56 Å². The van der Waals surface area contributed by atoms with Crippen molar-refractivity contribution in [2.75, 3.05) is 6.54 Å². The molecular formula is C15H16N2O. The van der Waals surface area contributed by atoms with Crippen LogP contribution in [0.15, 0.2) is 54.9 Å². The van der Waals surface area contributed by atoms with Crippen LogP contribution in [0.5, 0.6) is 0 Å². The minimum absolute atomic E-state index is 0.00896. The van der Waals surface area contributed by atoms with E-state index in [1.807, 2.05) is 42.5 Å². The molecule has 1 amide bonds. The molecule has 1 heterocycles. The number of carbonyl (C=O) groups is 1. The lowest BCUT2D eigenvalue weighted by Crippen LogP contribution is -2.24. The monoisotopic (exact) mass is 240 g/mol. The van der Waals surface area contributed by atoms with Gasteiger partial charge >= 0.3 is 0 Å². The molecule has 0 fully saturated rings. The van der Waals surface area contributed by atoms with Gasteiger partial charge < -0.3 is 5.32 Å². The second-order valence-electron chi connectivity index (χ2n) is 4.08. The fourth-order valence-corrected chi connectivity index (χ4v) is 1.74. The molecule has 0 atom stereocenters. The maximum absolute atomic E-state index is 11.7. The summed E-state index contributed by atoms with van der Waals surface area (Å²) in [4.78, 5) is 15.7. The average Bonchev–Trinajstić information content (AvgIpc) is 2.45. The molecule has 0 saturated heterocycles. The van der Waals surface area contributed by atoms with Gasteiger partial charge in [0.1, 0.15) is 0 Å². The van der Waals surface area contributed by atoms with Crippen molar-refractivity contribution in [1.29, 1.82) is 0 Å². The van der Waals surface area contributed by atoms with Gasteiger partial charge in [-0.1, -0.05) is 18.2 Å². The number of aromatic nitrogens is 1. The second-order valence-corrected chi connectivity index (χ2v) is 4.08. The van der Waals surface area contributed by atoms with Crippen molar-refractivity contribution in [3.63, 3.8) is 0 Å². The Labute approximate surface area is 107 Å². The molecule has 0 aliphatic rings. The summed E-state index contributed by atoms with van der Waals surface area (Å²) in [5.41, 5.74) is 1.96. The number of benzene rings is 1. The summed E-state index contributed by atoms with van der Waals surface area (Å²) < 4.78 is 0. The van der Waals surface area contributed by atoms with Crippen molar-refractivity contribution in [1.82, 2.24) is 10.3 Å². The minimum atomic E-state index is -0.00896. The van der Waals surface area contributed by atoms with Gasteiger partial charge in [-0.3, -0.25) is 9.78 Å². The molecule has 92 valence electrons. The number of nitrogens with zero attached hydrogens (tertiary/aromatic N) is 1. The molecule has 0 radical (unpaired) electrons. The lowest BCUT2D eigenvalue weighted by molar-refractivity contribution is 0.0953. The highest BCUT2D eigenvalue weighted by Gasteiger charge is 2.02. The maximum atomic E-state index is 11.7. The molecule has 1 N–H and O–H groups in total. The number of nitrogens with one attached hydrogen (secondary N) is 1. The van der Waals surface area contributed by atoms with Gasteiger partial charge in [-0.15, -0.1) is 0 Å². The Kier molecular flexibility index (Phi) is 4.47. The van der Waals surface area contributed by atoms with E-state index in [9.17, 15) is 4.79 Å². The summed E-state index contributed by atoms with van der Waals surface area (Å²) in [7, 11) is 0. The summed E-state index contributed by atoms with van der Waals surface area (Å²) in [6.45, 7) is 0.691. The summed E-state index contributed by atoms with van der Waals surface area (Å²) in [6, 6.07) is 13.3. The smallest absolute Gasteiger partial charge is 0.251 e. The first-order valence-electron chi connectivity index (χ1n) is 6.08. The number of amides is 1. The van der Waals surface area contributed by atoms with Crippen LogP contribution < -0.4 is 5.32 Å². The van der Waals surface area contributed by atoms with E-state index < -0.39 is 0 Å². The van der Waals surface area contributed by atoms with Gasteiger partial charge in [0.15, 0.2) is 0 Å². The normalized spacial score (nSPS) is 10.0. The first-order valence-corrected chi connectivity index (χ1v) is 6.08. The Balaban J connectivity index is 1.72. The third-order valence-electron chi connectivity index (χ3n) is 2.71. The minimum Gasteiger partial charge on any atom is -0.352 e. The first kappa shape index (κ1) is 12.3. The average molecular weight is 240 g/mol. The largest absolute Gasteiger partial charge is 0.352 e. The van der Waals surface area contributed by atoms with E-state index in [1.54, 1.807) is 12.4 Å². The Bertz CT molecular complexity index is 482. The van der Waals surface area contributed by atoms with Gasteiger partial charge in [-0.25, -0.2) is 0 Å². The van der Waals surface area contributed by atoms with Crippen LogP contribution in [0.2, 0.25) is 0 Å². The topological polar surface area (TPSA) is 42.0 Å². The Morgan fingerprint density at radius 2 is 1.78 bits per heavy atom. The lowest BCUT2D eigenvalue weighted by atomic mass is 10.1. The number of rotatable bonds is 5. The molecule has 0 unspecified atom stereocenters. The quantitative estimate of drug-likeness (QED) is 0.816. The standard InChI is InChI=1S/C15H16N2O/c18-15(14-6-2-1-3-7-14)17-10-4-5-13-8-11-16-12-9-13/h1-3,6-9,11-12H,4-5,10H2,(H,17,18). The van der Waals surface area contributed by atoms with Crippen LogP contribution in [-0.4, -0.2) is 17.4 Å². The summed E-state index contributed by atoms with van der Waals surface area (Å²) >= 11 is 0. The lowest BCUT2D eigenvalue weighted by Gasteiger charge is -2.05. The maximum Gasteiger partial charge on any atom is 0.251 e. The van der Waals surface area contributed by atoms with E-state index in [2.05, 4.69) is 10.3 Å². The predicted molar refractivity (Wildman–Crippen MR) is 71.3 cm³/mol. The van der Waals surface area contributed by atoms with Crippen molar-refractivity contribution < 1.29 is 4.79 Å². The Hall–Kier alpha value is -2.16. The van der Waals surface area contributed by atoms with Gasteiger partial charge in [-0.2, -0.15) is 0 Å². The molecule has 3 heteroatoms. The molecule has 1 aromatic carbocycles. The molecule has 0 saturated carbocycles. The van der Waals surface area contributed by atoms with Gasteiger partial charge in [0.2, 0.25) is 0 Å². The molecule has 18 heavy (non-hydrogen) atoms. The van der Waals surface area contributed by atoms with Gasteiger partial charge in [0, 0.05) is 24.5 Å². The van der Waals surface area contributed by atoms with Crippen molar-refractivity contribution in [3.8, 4) is 0 Å². The molecular weight excluding hydrogens is 224 g/mol. The van der Waals surface area contributed by atoms with Crippen LogP contribution in [0.1, 0.15) is 22.3 Å². The van der Waals surface area contributed by atoms with Crippen LogP contribution in [0.4, 0.5) is 0 Å². The summed E-state index contributed by atoms with van der Waals surface area (Å²) in [5.74, 6) is -0.00896. The number of carbonyl (C=O) groups excluding carboxylic acids is 1. The predicted octanol–water partition coefficient (Wildman–Crippen LogP) is 2.44. The highest BCUT2D eigenvalue weighted by Crippen LogP contribution is 2.01. The number of hydrogen-bond acceptors (Lipinski definition) is 2. The molecule has 0 spiro atoms. The van der Waals surface area contributed by atoms with E-state index in [0.29, 0.717) is 12.1 Å². The van der Waals surface area contributed by atoms with Crippen LogP contribution in [0.25, 0.3) is 0 Å². The highest BCUT2D eigenvalue weighted by atomic mass is 16.1. The van der Waals surface area contributed by atoms with Crippen LogP contribution >= 0.6 is 0 Å². The number of pyridine rings is 1. The fraction of sp³-hybridized carbons (Fsp3) is 0.200. The van der Waals surface area contributed by atoms with Crippen molar-refractivity contribution >= 4 is 5.91 Å². The highest BCUT2D eigenvalue weighted by molar-refractivity contribution is 5.94. The van der Waals surface area contributed by atoms with E-state index in [-0.39, 0.29) is 5.91 Å². The first-order chi connectivity index (χ1) is 8.86. The molecule has 0 aliphatic heterocycles. The van der Waals surface area contributed by atoms with E-state index >= 15 is 0 Å². The summed E-state index contributed by atoms with van der Waals surface area (Å²) in [6.07, 6.45) is 5.47. The third-order valence-corrected chi connectivity index (χ3v) is 2.71. The fourth-order valence-electron chi connectivity index (χ4n) is 1.74. The van der Waals surface area contributed by atoms with Gasteiger partial charge in [0.05, 0.1) is 0 Å². The van der Waals surface area contributed by atoms with Crippen molar-refractivity contribution in [2.24, 2.45) is 0 Å². The molecule has 2 aromatic rings. The number of aryl methyl sites for hydroxylation is 1. The van der Waals surface area contributed by atoms with Crippen molar-refractivity contribution in [2.45, 2.75) is 12.8 Å². The van der Waals surface area contributed by atoms with Crippen molar-refractivity contribution in [3.05, 3.63) is 66.0 Å². The third kappa shape index (κ3) is 3.70. The SMILES string of the molecule is O=C(NCCCc1ccncc1)c1ccccc1. The van der Waals surface area contributed by atoms with Gasteiger partial charge in [0.25, 0.3) is 5.91 Å². The zero-order chi connectivity index (χ0) is 12.6. The molecule has 2 rings (SSSR count). The molecule has 1 aromatic heterocycles. The van der Waals surface area contributed by atoms with E-state index in [0.717, 1.165) is 12.8 Å². The molecule has 0 bridgehead atoms. The van der Waals surface area contributed by atoms with Gasteiger partial charge in [-0.05, 0) is 42.7 Å². The van der Waals surface area contributed by atoms with Crippen LogP contribution in [0, 0.1) is 0 Å². The Morgan fingerprint density at radius 1 is 1.06 bits per heavy atom. The second kappa shape index (κ2) is 6.55.